The van der Waals surface area contributed by atoms with Crippen LogP contribution < -0.4 is 11.1 Å². The predicted octanol–water partition coefficient (Wildman–Crippen LogP) is 1.78. The second-order valence-corrected chi connectivity index (χ2v) is 8.96. The number of nitrogens with two attached hydrogens (primary N) is 1. The van der Waals surface area contributed by atoms with Crippen molar-refractivity contribution in [1.82, 2.24) is 9.62 Å². The van der Waals surface area contributed by atoms with Gasteiger partial charge in [-0.05, 0) is 42.9 Å². The van der Waals surface area contributed by atoms with Crippen LogP contribution in [0.3, 0.4) is 0 Å². The number of hydrogen-bond donors (Lipinski definition) is 2. The van der Waals surface area contributed by atoms with E-state index >= 15 is 0 Å². The first-order valence-corrected chi connectivity index (χ1v) is 10.4. The second kappa shape index (κ2) is 10.3. The summed E-state index contributed by atoms with van der Waals surface area (Å²) < 4.78 is 27.2. The molecule has 0 saturated carbocycles. The number of nitrogens with one attached hydrogen (secondary N) is 1. The van der Waals surface area contributed by atoms with Gasteiger partial charge in [0, 0.05) is 26.2 Å². The van der Waals surface area contributed by atoms with Crippen LogP contribution in [-0.2, 0) is 21.2 Å². The van der Waals surface area contributed by atoms with Crippen molar-refractivity contribution in [3.63, 3.8) is 0 Å². The fraction of sp³-hybridized carbons (Fsp3) is 0.611. The van der Waals surface area contributed by atoms with Gasteiger partial charge < -0.3 is 11.1 Å². The minimum Gasteiger partial charge on any atom is -0.355 e. The maximum absolute atomic E-state index is 12.9. The first-order chi connectivity index (χ1) is 11.8. The van der Waals surface area contributed by atoms with Crippen molar-refractivity contribution in [1.29, 1.82) is 0 Å². The van der Waals surface area contributed by atoms with Crippen LogP contribution in [-0.4, -0.2) is 44.8 Å². The highest BCUT2D eigenvalue weighted by Gasteiger charge is 2.33. The quantitative estimate of drug-likeness (QED) is 0.725. The molecule has 1 amide bonds. The largest absolute Gasteiger partial charge is 0.355 e. The van der Waals surface area contributed by atoms with Crippen molar-refractivity contribution < 1.29 is 13.2 Å². The molecule has 148 valence electrons. The minimum absolute atomic E-state index is 0. The predicted molar refractivity (Wildman–Crippen MR) is 106 cm³/mol. The van der Waals surface area contributed by atoms with Gasteiger partial charge in [-0.3, -0.25) is 4.79 Å². The van der Waals surface area contributed by atoms with Crippen LogP contribution in [0.5, 0.6) is 0 Å². The number of carbonyl (C=O) groups excluding carboxylic acids is 1. The van der Waals surface area contributed by atoms with Crippen molar-refractivity contribution in [2.24, 2.45) is 17.6 Å². The Hall–Kier alpha value is -1.15. The van der Waals surface area contributed by atoms with Gasteiger partial charge >= 0.3 is 0 Å². The number of sulfonamides is 1. The molecule has 0 spiro atoms. The normalized spacial score (nSPS) is 18.4. The van der Waals surface area contributed by atoms with Crippen molar-refractivity contribution in [3.8, 4) is 0 Å². The maximum Gasteiger partial charge on any atom is 0.243 e. The molecule has 1 aliphatic rings. The molecule has 0 bridgehead atoms. The maximum atomic E-state index is 12.9. The van der Waals surface area contributed by atoms with Gasteiger partial charge in [0.25, 0.3) is 0 Å². The molecule has 1 aromatic rings. The van der Waals surface area contributed by atoms with E-state index < -0.39 is 10.0 Å². The Morgan fingerprint density at radius 2 is 1.96 bits per heavy atom. The third kappa shape index (κ3) is 5.94. The smallest absolute Gasteiger partial charge is 0.243 e. The molecule has 0 aliphatic carbocycles. The average molecular weight is 404 g/mol. The van der Waals surface area contributed by atoms with E-state index in [1.165, 1.54) is 4.31 Å². The summed E-state index contributed by atoms with van der Waals surface area (Å²) >= 11 is 0. The molecule has 1 atom stereocenters. The minimum atomic E-state index is -3.57. The fourth-order valence-corrected chi connectivity index (χ4v) is 4.66. The zero-order valence-electron chi connectivity index (χ0n) is 15.5. The molecule has 0 aromatic heterocycles. The van der Waals surface area contributed by atoms with Crippen LogP contribution in [0.2, 0.25) is 0 Å². The fourth-order valence-electron chi connectivity index (χ4n) is 3.13. The molecule has 1 saturated heterocycles. The van der Waals surface area contributed by atoms with E-state index in [-0.39, 0.29) is 30.8 Å². The van der Waals surface area contributed by atoms with Crippen LogP contribution in [0.25, 0.3) is 0 Å². The van der Waals surface area contributed by atoms with Gasteiger partial charge in [-0.15, -0.1) is 12.4 Å². The number of amides is 1. The molecule has 1 aromatic carbocycles. The van der Waals surface area contributed by atoms with Gasteiger partial charge in [-0.1, -0.05) is 26.0 Å². The summed E-state index contributed by atoms with van der Waals surface area (Å²) in [5.74, 6) is 0.102. The number of benzene rings is 1. The zero-order chi connectivity index (χ0) is 18.4. The van der Waals surface area contributed by atoms with Crippen molar-refractivity contribution in [2.75, 3.05) is 26.2 Å². The highest BCUT2D eigenvalue weighted by molar-refractivity contribution is 7.89. The number of piperidine rings is 1. The first-order valence-electron chi connectivity index (χ1n) is 8.91. The Bertz CT molecular complexity index is 677. The van der Waals surface area contributed by atoms with Crippen LogP contribution in [0.4, 0.5) is 0 Å². The van der Waals surface area contributed by atoms with E-state index in [0.29, 0.717) is 43.3 Å². The van der Waals surface area contributed by atoms with E-state index in [9.17, 15) is 13.2 Å². The SMILES string of the molecule is CC(C)Cc1ccc(S(=O)(=O)N2CCCC(C(=O)NCCN)C2)cc1.Cl. The Balaban J connectivity index is 0.00000338. The van der Waals surface area contributed by atoms with Gasteiger partial charge in [-0.2, -0.15) is 4.31 Å². The second-order valence-electron chi connectivity index (χ2n) is 7.02. The van der Waals surface area contributed by atoms with Crippen molar-refractivity contribution >= 4 is 28.3 Å². The van der Waals surface area contributed by atoms with E-state index in [0.717, 1.165) is 12.0 Å². The molecule has 26 heavy (non-hydrogen) atoms. The standard InChI is InChI=1S/C18H29N3O3S.ClH/c1-14(2)12-15-5-7-17(8-6-15)25(23,24)21-11-3-4-16(13-21)18(22)20-10-9-19;/h5-8,14,16H,3-4,9-13,19H2,1-2H3,(H,20,22);1H. The van der Waals surface area contributed by atoms with E-state index in [1.54, 1.807) is 12.1 Å². The highest BCUT2D eigenvalue weighted by Crippen LogP contribution is 2.24. The van der Waals surface area contributed by atoms with E-state index in [1.807, 2.05) is 12.1 Å². The number of rotatable bonds is 7. The number of nitrogens with zero attached hydrogens (tertiary/aromatic N) is 1. The lowest BCUT2D eigenvalue weighted by Crippen LogP contribution is -2.46. The van der Waals surface area contributed by atoms with Gasteiger partial charge in [0.05, 0.1) is 10.8 Å². The van der Waals surface area contributed by atoms with Gasteiger partial charge in [-0.25, -0.2) is 8.42 Å². The lowest BCUT2D eigenvalue weighted by atomic mass is 9.99. The van der Waals surface area contributed by atoms with Gasteiger partial charge in [0.2, 0.25) is 15.9 Å². The summed E-state index contributed by atoms with van der Waals surface area (Å²) in [7, 11) is -3.57. The number of halogens is 1. The molecular formula is C18H30ClN3O3S. The lowest BCUT2D eigenvalue weighted by Gasteiger charge is -2.31. The molecule has 6 nitrogen and oxygen atoms in total. The monoisotopic (exact) mass is 403 g/mol. The Morgan fingerprint density at radius 1 is 1.31 bits per heavy atom. The Labute approximate surface area is 163 Å². The molecule has 1 fully saturated rings. The molecule has 8 heteroatoms. The Kier molecular flexibility index (Phi) is 9.03. The summed E-state index contributed by atoms with van der Waals surface area (Å²) in [6.45, 7) is 5.74. The molecule has 1 heterocycles. The van der Waals surface area contributed by atoms with Crippen molar-refractivity contribution in [3.05, 3.63) is 29.8 Å². The molecule has 0 radical (unpaired) electrons. The van der Waals surface area contributed by atoms with Crippen LogP contribution in [0, 0.1) is 11.8 Å². The van der Waals surface area contributed by atoms with Crippen LogP contribution >= 0.6 is 12.4 Å². The van der Waals surface area contributed by atoms with Gasteiger partial charge in [0.1, 0.15) is 0 Å². The number of hydrogen-bond acceptors (Lipinski definition) is 4. The average Bonchev–Trinajstić information content (AvgIpc) is 2.59. The molecule has 2 rings (SSSR count). The van der Waals surface area contributed by atoms with Crippen LogP contribution in [0.1, 0.15) is 32.3 Å². The zero-order valence-corrected chi connectivity index (χ0v) is 17.1. The lowest BCUT2D eigenvalue weighted by molar-refractivity contribution is -0.126. The third-order valence-corrected chi connectivity index (χ3v) is 6.28. The topological polar surface area (TPSA) is 92.5 Å². The summed E-state index contributed by atoms with van der Waals surface area (Å²) in [6, 6.07) is 7.10. The number of carbonyl (C=O) groups is 1. The summed E-state index contributed by atoms with van der Waals surface area (Å²) in [4.78, 5) is 12.4. The molecule has 3 N–H and O–H groups in total. The molecular weight excluding hydrogens is 374 g/mol. The highest BCUT2D eigenvalue weighted by atomic mass is 35.5. The summed E-state index contributed by atoms with van der Waals surface area (Å²) in [5.41, 5.74) is 6.53. The van der Waals surface area contributed by atoms with Gasteiger partial charge in [0.15, 0.2) is 0 Å². The van der Waals surface area contributed by atoms with Crippen LogP contribution in [0.15, 0.2) is 29.2 Å². The van der Waals surface area contributed by atoms with E-state index in [2.05, 4.69) is 19.2 Å². The molecule has 1 unspecified atom stereocenters. The Morgan fingerprint density at radius 3 is 2.54 bits per heavy atom. The first kappa shape index (κ1) is 22.9. The molecule has 1 aliphatic heterocycles. The third-order valence-electron chi connectivity index (χ3n) is 4.40. The summed E-state index contributed by atoms with van der Waals surface area (Å²) in [6.07, 6.45) is 2.31. The van der Waals surface area contributed by atoms with E-state index in [4.69, 9.17) is 5.73 Å². The summed E-state index contributed by atoms with van der Waals surface area (Å²) in [5, 5.41) is 2.75. The van der Waals surface area contributed by atoms with Crippen molar-refractivity contribution in [2.45, 2.75) is 38.0 Å².